The Balaban J connectivity index is 1.75. The number of carbonyl (C=O) groups excluding carboxylic acids is 1. The zero-order chi connectivity index (χ0) is 13.9. The quantitative estimate of drug-likeness (QED) is 0.788. The lowest BCUT2D eigenvalue weighted by molar-refractivity contribution is -0.115. The normalized spacial score (nSPS) is 10.8. The molecule has 0 atom stereocenters. The van der Waals surface area contributed by atoms with E-state index in [0.717, 1.165) is 21.5 Å². The van der Waals surface area contributed by atoms with Crippen molar-refractivity contribution in [2.45, 2.75) is 19.8 Å². The third kappa shape index (κ3) is 2.89. The maximum Gasteiger partial charge on any atom is 0.231 e. The Bertz CT molecular complexity index is 732. The van der Waals surface area contributed by atoms with Gasteiger partial charge < -0.3 is 5.32 Å². The van der Waals surface area contributed by atoms with E-state index in [1.165, 1.54) is 16.9 Å². The molecule has 0 saturated heterocycles. The number of nitrogens with one attached hydrogen (secondary N) is 1. The van der Waals surface area contributed by atoms with Gasteiger partial charge in [0.05, 0.1) is 16.6 Å². The van der Waals surface area contributed by atoms with Crippen LogP contribution in [0.15, 0.2) is 35.7 Å². The van der Waals surface area contributed by atoms with Crippen LogP contribution in [0.25, 0.3) is 10.2 Å². The maximum absolute atomic E-state index is 11.9. The number of nitrogens with zero attached hydrogens (tertiary/aromatic N) is 1. The van der Waals surface area contributed by atoms with Crippen LogP contribution in [0.4, 0.5) is 5.13 Å². The Hall–Kier alpha value is -1.72. The average molecular weight is 302 g/mol. The second-order valence-electron chi connectivity index (χ2n) is 4.48. The van der Waals surface area contributed by atoms with E-state index < -0.39 is 0 Å². The lowest BCUT2D eigenvalue weighted by Crippen LogP contribution is -2.13. The number of anilines is 1. The Morgan fingerprint density at radius 3 is 3.00 bits per heavy atom. The molecule has 0 saturated carbocycles. The third-order valence-electron chi connectivity index (χ3n) is 3.02. The summed E-state index contributed by atoms with van der Waals surface area (Å²) in [5, 5.41) is 5.54. The van der Waals surface area contributed by atoms with Gasteiger partial charge in [-0.1, -0.05) is 30.4 Å². The summed E-state index contributed by atoms with van der Waals surface area (Å²) in [5.41, 5.74) is 2.23. The van der Waals surface area contributed by atoms with Crippen molar-refractivity contribution >= 4 is 43.9 Å². The SMILES string of the molecule is CCc1ccc2nc(NC(=O)Cc3cccs3)sc2c1. The van der Waals surface area contributed by atoms with E-state index in [2.05, 4.69) is 29.4 Å². The van der Waals surface area contributed by atoms with Crippen LogP contribution < -0.4 is 5.32 Å². The number of benzene rings is 1. The first-order chi connectivity index (χ1) is 9.74. The summed E-state index contributed by atoms with van der Waals surface area (Å²) < 4.78 is 1.12. The van der Waals surface area contributed by atoms with Crippen molar-refractivity contribution in [2.24, 2.45) is 0 Å². The van der Waals surface area contributed by atoms with Crippen LogP contribution in [-0.2, 0) is 17.6 Å². The molecule has 0 spiro atoms. The average Bonchev–Trinajstić information content (AvgIpc) is 3.06. The number of hydrogen-bond acceptors (Lipinski definition) is 4. The Labute approximate surface area is 125 Å². The van der Waals surface area contributed by atoms with Crippen LogP contribution in [0.1, 0.15) is 17.4 Å². The van der Waals surface area contributed by atoms with Gasteiger partial charge in [0, 0.05) is 4.88 Å². The van der Waals surface area contributed by atoms with Gasteiger partial charge >= 0.3 is 0 Å². The lowest BCUT2D eigenvalue weighted by atomic mass is 10.2. The molecule has 3 nitrogen and oxygen atoms in total. The van der Waals surface area contributed by atoms with Crippen molar-refractivity contribution < 1.29 is 4.79 Å². The summed E-state index contributed by atoms with van der Waals surface area (Å²) in [6.07, 6.45) is 1.42. The van der Waals surface area contributed by atoms with E-state index in [4.69, 9.17) is 0 Å². The fraction of sp³-hybridized carbons (Fsp3) is 0.200. The zero-order valence-corrected chi connectivity index (χ0v) is 12.7. The summed E-state index contributed by atoms with van der Waals surface area (Å²) in [4.78, 5) is 17.5. The van der Waals surface area contributed by atoms with Crippen LogP contribution in [0.3, 0.4) is 0 Å². The van der Waals surface area contributed by atoms with Gasteiger partial charge in [0.25, 0.3) is 0 Å². The maximum atomic E-state index is 11.9. The minimum atomic E-state index is -0.0118. The Morgan fingerprint density at radius 2 is 2.25 bits per heavy atom. The molecule has 2 heterocycles. The van der Waals surface area contributed by atoms with Gasteiger partial charge in [-0.05, 0) is 35.6 Å². The first-order valence-corrected chi connectivity index (χ1v) is 8.16. The number of amides is 1. The molecule has 3 aromatic rings. The van der Waals surface area contributed by atoms with Crippen LogP contribution in [0.5, 0.6) is 0 Å². The minimum Gasteiger partial charge on any atom is -0.302 e. The predicted molar refractivity (Wildman–Crippen MR) is 85.7 cm³/mol. The van der Waals surface area contributed by atoms with Gasteiger partial charge in [-0.25, -0.2) is 4.98 Å². The second kappa shape index (κ2) is 5.73. The molecule has 0 aliphatic carbocycles. The van der Waals surface area contributed by atoms with Gasteiger partial charge in [0.15, 0.2) is 5.13 Å². The number of aromatic nitrogens is 1. The first kappa shape index (κ1) is 13.3. The first-order valence-electron chi connectivity index (χ1n) is 6.46. The van der Waals surface area contributed by atoms with E-state index in [1.54, 1.807) is 11.3 Å². The van der Waals surface area contributed by atoms with Crippen LogP contribution in [0.2, 0.25) is 0 Å². The molecule has 0 aliphatic heterocycles. The molecule has 0 aliphatic rings. The lowest BCUT2D eigenvalue weighted by Gasteiger charge is -1.98. The molecule has 0 bridgehead atoms. The summed E-state index contributed by atoms with van der Waals surface area (Å²) in [6.45, 7) is 2.13. The highest BCUT2D eigenvalue weighted by atomic mass is 32.1. The number of aryl methyl sites for hydroxylation is 1. The van der Waals surface area contributed by atoms with Crippen molar-refractivity contribution in [1.82, 2.24) is 4.98 Å². The van der Waals surface area contributed by atoms with Crippen molar-refractivity contribution in [3.63, 3.8) is 0 Å². The number of rotatable bonds is 4. The molecule has 1 amide bonds. The van der Waals surface area contributed by atoms with E-state index in [-0.39, 0.29) is 5.91 Å². The van der Waals surface area contributed by atoms with Gasteiger partial charge in [0.1, 0.15) is 0 Å². The van der Waals surface area contributed by atoms with Crippen LogP contribution in [-0.4, -0.2) is 10.9 Å². The zero-order valence-electron chi connectivity index (χ0n) is 11.1. The molecule has 20 heavy (non-hydrogen) atoms. The summed E-state index contributed by atoms with van der Waals surface area (Å²) in [7, 11) is 0. The molecule has 1 aromatic carbocycles. The number of thiazole rings is 1. The summed E-state index contributed by atoms with van der Waals surface area (Å²) >= 11 is 3.12. The van der Waals surface area contributed by atoms with Gasteiger partial charge in [-0.15, -0.1) is 11.3 Å². The van der Waals surface area contributed by atoms with Crippen LogP contribution in [0, 0.1) is 0 Å². The summed E-state index contributed by atoms with van der Waals surface area (Å²) in [6, 6.07) is 10.2. The van der Waals surface area contributed by atoms with Crippen molar-refractivity contribution in [3.05, 3.63) is 46.2 Å². The Morgan fingerprint density at radius 1 is 1.35 bits per heavy atom. The second-order valence-corrected chi connectivity index (χ2v) is 6.54. The Kier molecular flexibility index (Phi) is 3.80. The number of thiophene rings is 1. The number of carbonyl (C=O) groups is 1. The molecule has 1 N–H and O–H groups in total. The number of fused-ring (bicyclic) bond motifs is 1. The molecule has 0 fully saturated rings. The highest BCUT2D eigenvalue weighted by Gasteiger charge is 2.09. The monoisotopic (exact) mass is 302 g/mol. The smallest absolute Gasteiger partial charge is 0.231 e. The van der Waals surface area contributed by atoms with Gasteiger partial charge in [0.2, 0.25) is 5.91 Å². The van der Waals surface area contributed by atoms with Gasteiger partial charge in [-0.3, -0.25) is 4.79 Å². The number of hydrogen-bond donors (Lipinski definition) is 1. The molecule has 5 heteroatoms. The molecule has 102 valence electrons. The molecular weight excluding hydrogens is 288 g/mol. The van der Waals surface area contributed by atoms with E-state index in [9.17, 15) is 4.79 Å². The fourth-order valence-corrected chi connectivity index (χ4v) is 3.63. The third-order valence-corrected chi connectivity index (χ3v) is 4.83. The van der Waals surface area contributed by atoms with E-state index in [0.29, 0.717) is 11.6 Å². The molecule has 3 rings (SSSR count). The van der Waals surface area contributed by atoms with Crippen molar-refractivity contribution in [2.75, 3.05) is 5.32 Å². The molecular formula is C15H14N2OS2. The van der Waals surface area contributed by atoms with Crippen molar-refractivity contribution in [1.29, 1.82) is 0 Å². The highest BCUT2D eigenvalue weighted by Crippen LogP contribution is 2.27. The molecule has 2 aromatic heterocycles. The standard InChI is InChI=1S/C15H14N2OS2/c1-2-10-5-6-12-13(8-10)20-15(16-12)17-14(18)9-11-4-3-7-19-11/h3-8H,2,9H2,1H3,(H,16,17,18). The summed E-state index contributed by atoms with van der Waals surface area (Å²) in [5.74, 6) is -0.0118. The van der Waals surface area contributed by atoms with Gasteiger partial charge in [-0.2, -0.15) is 0 Å². The molecule has 0 radical (unpaired) electrons. The highest BCUT2D eigenvalue weighted by molar-refractivity contribution is 7.22. The fourth-order valence-electron chi connectivity index (χ4n) is 1.98. The van der Waals surface area contributed by atoms with Crippen molar-refractivity contribution in [3.8, 4) is 0 Å². The predicted octanol–water partition coefficient (Wildman–Crippen LogP) is 4.10. The van der Waals surface area contributed by atoms with Crippen LogP contribution >= 0.6 is 22.7 Å². The molecule has 0 unspecified atom stereocenters. The van der Waals surface area contributed by atoms with E-state index >= 15 is 0 Å². The largest absolute Gasteiger partial charge is 0.302 e. The topological polar surface area (TPSA) is 42.0 Å². The minimum absolute atomic E-state index is 0.0118. The van der Waals surface area contributed by atoms with E-state index in [1.807, 2.05) is 23.6 Å².